The van der Waals surface area contributed by atoms with Gasteiger partial charge >= 0.3 is 0 Å². The van der Waals surface area contributed by atoms with Gasteiger partial charge in [-0.2, -0.15) is 0 Å². The SMILES string of the molecule is C=C(C)C(C)=CC.CCCCCP(CCCCC)(CCCCC)=NC1=CC=CC1.[Ti]. The average molecular weight is 468 g/mol. The molecule has 0 aromatic carbocycles. The van der Waals surface area contributed by atoms with Crippen LogP contribution in [0.2, 0.25) is 0 Å². The second-order valence-corrected chi connectivity index (χ2v) is 12.3. The summed E-state index contributed by atoms with van der Waals surface area (Å²) in [4.78, 5) is 0. The van der Waals surface area contributed by atoms with Crippen LogP contribution >= 0.6 is 7.05 Å². The molecule has 172 valence electrons. The van der Waals surface area contributed by atoms with E-state index in [-0.39, 0.29) is 21.7 Å². The molecule has 0 heterocycles. The Hall–Kier alpha value is -0.0957. The fourth-order valence-electron chi connectivity index (χ4n) is 3.48. The molecule has 1 aliphatic rings. The molecule has 3 heteroatoms. The minimum absolute atomic E-state index is 0. The molecule has 0 bridgehead atoms. The van der Waals surface area contributed by atoms with E-state index in [9.17, 15) is 0 Å². The van der Waals surface area contributed by atoms with Crippen LogP contribution in [-0.2, 0) is 21.7 Å². The van der Waals surface area contributed by atoms with Crippen LogP contribution in [-0.4, -0.2) is 18.5 Å². The summed E-state index contributed by atoms with van der Waals surface area (Å²) in [5, 5.41) is 0. The first-order valence-corrected chi connectivity index (χ1v) is 14.5. The molecule has 0 N–H and O–H groups in total. The summed E-state index contributed by atoms with van der Waals surface area (Å²) in [6.45, 7) is 16.8. The minimum atomic E-state index is -1.12. The smallest absolute Gasteiger partial charge is 0.0425 e. The summed E-state index contributed by atoms with van der Waals surface area (Å²) in [6.07, 6.45) is 26.4. The number of hydrogen-bond acceptors (Lipinski definition) is 1. The maximum absolute atomic E-state index is 5.43. The monoisotopic (exact) mass is 467 g/mol. The van der Waals surface area contributed by atoms with E-state index in [1.165, 1.54) is 87.5 Å². The summed E-state index contributed by atoms with van der Waals surface area (Å²) in [5.74, 6) is 0. The molecule has 0 aromatic heterocycles. The van der Waals surface area contributed by atoms with Crippen LogP contribution in [0.15, 0.2) is 52.5 Å². The van der Waals surface area contributed by atoms with Crippen molar-refractivity contribution in [2.24, 2.45) is 4.74 Å². The molecule has 0 aliphatic heterocycles. The molecule has 0 saturated heterocycles. The van der Waals surface area contributed by atoms with Crippen LogP contribution in [0, 0.1) is 0 Å². The van der Waals surface area contributed by atoms with Gasteiger partial charge in [-0.25, -0.2) is 0 Å². The van der Waals surface area contributed by atoms with Gasteiger partial charge in [-0.15, -0.1) is 0 Å². The molecule has 0 unspecified atom stereocenters. The molecule has 0 saturated carbocycles. The van der Waals surface area contributed by atoms with Crippen LogP contribution in [0.1, 0.15) is 106 Å². The van der Waals surface area contributed by atoms with Crippen molar-refractivity contribution in [2.45, 2.75) is 106 Å². The van der Waals surface area contributed by atoms with E-state index >= 15 is 0 Å². The first kappa shape index (κ1) is 32.1. The molecule has 0 spiro atoms. The maximum Gasteiger partial charge on any atom is 0.0425 e. The number of unbranched alkanes of at least 4 members (excludes halogenated alkanes) is 6. The Bertz CT molecular complexity index is 550. The third kappa shape index (κ3) is 15.7. The zero-order valence-corrected chi connectivity index (χ0v) is 23.6. The zero-order valence-electron chi connectivity index (χ0n) is 21.1. The second-order valence-electron chi connectivity index (χ2n) is 8.53. The number of nitrogens with zero attached hydrogens (tertiary/aromatic N) is 1. The fraction of sp³-hybridized carbons (Fsp3) is 0.704. The van der Waals surface area contributed by atoms with Gasteiger partial charge in [0.25, 0.3) is 0 Å². The Morgan fingerprint density at radius 3 is 1.67 bits per heavy atom. The number of hydrogen-bond donors (Lipinski definition) is 0. The van der Waals surface area contributed by atoms with Gasteiger partial charge in [-0.1, -0.05) is 95.2 Å². The molecule has 0 aromatic rings. The van der Waals surface area contributed by atoms with E-state index in [2.05, 4.69) is 58.6 Å². The Balaban J connectivity index is 0. The number of rotatable bonds is 14. The summed E-state index contributed by atoms with van der Waals surface area (Å²) in [5.41, 5.74) is 3.81. The van der Waals surface area contributed by atoms with Crippen molar-refractivity contribution >= 4 is 7.05 Å². The van der Waals surface area contributed by atoms with E-state index in [0.29, 0.717) is 0 Å². The summed E-state index contributed by atoms with van der Waals surface area (Å²) in [7, 11) is -1.12. The van der Waals surface area contributed by atoms with E-state index in [4.69, 9.17) is 4.74 Å². The van der Waals surface area contributed by atoms with Gasteiger partial charge in [-0.05, 0) is 71.6 Å². The molecule has 0 fully saturated rings. The average Bonchev–Trinajstić information content (AvgIpc) is 3.21. The molecule has 1 nitrogen and oxygen atoms in total. The third-order valence-corrected chi connectivity index (χ3v) is 9.86. The van der Waals surface area contributed by atoms with Gasteiger partial charge in [0, 0.05) is 33.8 Å². The van der Waals surface area contributed by atoms with E-state index < -0.39 is 7.05 Å². The fourth-order valence-corrected chi connectivity index (χ4v) is 7.58. The summed E-state index contributed by atoms with van der Waals surface area (Å²) in [6, 6.07) is 0. The van der Waals surface area contributed by atoms with Crippen LogP contribution in [0.4, 0.5) is 0 Å². The standard InChI is InChI=1S/C20H38NP.C7H12.Ti/c1-4-7-12-17-22(18-13-8-5-2,19-14-9-6-3)21-20-15-10-11-16-20;1-5-7(4)6(2)3;/h10-11,15H,4-9,12-14,16-19H2,1-3H3;5H,2H2,1,3-4H3;. The minimum Gasteiger partial charge on any atom is -0.272 e. The summed E-state index contributed by atoms with van der Waals surface area (Å²) < 4.78 is 5.43. The predicted molar refractivity (Wildman–Crippen MR) is 139 cm³/mol. The molecule has 0 atom stereocenters. The van der Waals surface area contributed by atoms with Crippen LogP contribution in [0.3, 0.4) is 0 Å². The van der Waals surface area contributed by atoms with Crippen molar-refractivity contribution in [3.63, 3.8) is 0 Å². The molecular weight excluding hydrogens is 417 g/mol. The first-order chi connectivity index (χ1) is 13.9. The van der Waals surface area contributed by atoms with Crippen LogP contribution in [0.5, 0.6) is 0 Å². The second kappa shape index (κ2) is 20.8. The molecule has 1 aliphatic carbocycles. The normalized spacial score (nSPS) is 13.3. The molecule has 0 radical (unpaired) electrons. The van der Waals surface area contributed by atoms with Crippen molar-refractivity contribution in [3.8, 4) is 0 Å². The van der Waals surface area contributed by atoms with Gasteiger partial charge in [0.1, 0.15) is 0 Å². The molecule has 1 rings (SSSR count). The van der Waals surface area contributed by atoms with Crippen molar-refractivity contribution < 1.29 is 21.7 Å². The van der Waals surface area contributed by atoms with Crippen LogP contribution in [0.25, 0.3) is 0 Å². The Kier molecular flexibility index (Phi) is 22.2. The molecular formula is C27H50NPTi. The van der Waals surface area contributed by atoms with Crippen molar-refractivity contribution in [3.05, 3.63) is 47.7 Å². The van der Waals surface area contributed by atoms with E-state index in [1.807, 2.05) is 13.8 Å². The number of allylic oxidation sites excluding steroid dienone is 6. The van der Waals surface area contributed by atoms with Crippen molar-refractivity contribution in [2.75, 3.05) is 18.5 Å². The van der Waals surface area contributed by atoms with Gasteiger partial charge in [0.05, 0.1) is 0 Å². The third-order valence-electron chi connectivity index (χ3n) is 5.73. The first-order valence-electron chi connectivity index (χ1n) is 12.2. The molecule has 0 amide bonds. The quantitative estimate of drug-likeness (QED) is 0.104. The summed E-state index contributed by atoms with van der Waals surface area (Å²) >= 11 is 0. The van der Waals surface area contributed by atoms with Gasteiger partial charge in [0.2, 0.25) is 0 Å². The largest absolute Gasteiger partial charge is 0.272 e. The molecule has 30 heavy (non-hydrogen) atoms. The van der Waals surface area contributed by atoms with Crippen molar-refractivity contribution in [1.82, 2.24) is 0 Å². The van der Waals surface area contributed by atoms with Gasteiger partial charge < -0.3 is 0 Å². The topological polar surface area (TPSA) is 12.4 Å². The zero-order chi connectivity index (χ0) is 22.0. The van der Waals surface area contributed by atoms with Crippen molar-refractivity contribution in [1.29, 1.82) is 0 Å². The van der Waals surface area contributed by atoms with E-state index in [1.54, 1.807) is 0 Å². The van der Waals surface area contributed by atoms with Gasteiger partial charge in [-0.3, -0.25) is 4.74 Å². The maximum atomic E-state index is 5.43. The Labute approximate surface area is 204 Å². The Morgan fingerprint density at radius 1 is 0.933 bits per heavy atom. The van der Waals surface area contributed by atoms with Gasteiger partial charge in [0.15, 0.2) is 0 Å². The van der Waals surface area contributed by atoms with E-state index in [0.717, 1.165) is 12.0 Å². The van der Waals surface area contributed by atoms with Crippen LogP contribution < -0.4 is 0 Å². The predicted octanol–water partition coefficient (Wildman–Crippen LogP) is 10.1. The Morgan fingerprint density at radius 2 is 1.40 bits per heavy atom.